The third kappa shape index (κ3) is 3.67. The van der Waals surface area contributed by atoms with Crippen LogP contribution in [-0.4, -0.2) is 56.8 Å². The molecule has 1 aliphatic rings. The predicted octanol–water partition coefficient (Wildman–Crippen LogP) is 1.57. The van der Waals surface area contributed by atoms with Gasteiger partial charge in [0, 0.05) is 31.6 Å². The Morgan fingerprint density at radius 3 is 2.17 bits per heavy atom. The number of methoxy groups -OCH3 is 1. The van der Waals surface area contributed by atoms with Gasteiger partial charge in [-0.05, 0) is 12.1 Å². The summed E-state index contributed by atoms with van der Waals surface area (Å²) < 4.78 is 32.1. The summed E-state index contributed by atoms with van der Waals surface area (Å²) in [5, 5.41) is 0. The Morgan fingerprint density at radius 2 is 1.65 bits per heavy atom. The molecule has 23 heavy (non-hydrogen) atoms. The maximum absolute atomic E-state index is 12.8. The fourth-order valence-corrected chi connectivity index (χ4v) is 4.16. The zero-order valence-electron chi connectivity index (χ0n) is 14.1. The number of sulfonamides is 1. The zero-order valence-corrected chi connectivity index (χ0v) is 14.9. The van der Waals surface area contributed by atoms with Gasteiger partial charge in [0.2, 0.25) is 15.9 Å². The van der Waals surface area contributed by atoms with Crippen LogP contribution < -0.4 is 4.74 Å². The van der Waals surface area contributed by atoms with Gasteiger partial charge in [0.05, 0.1) is 7.11 Å². The number of rotatable bonds is 3. The molecule has 6 nitrogen and oxygen atoms in total. The monoisotopic (exact) mass is 340 g/mol. The van der Waals surface area contributed by atoms with E-state index >= 15 is 0 Å². The van der Waals surface area contributed by atoms with Crippen molar-refractivity contribution in [3.63, 3.8) is 0 Å². The highest BCUT2D eigenvalue weighted by Crippen LogP contribution is 2.27. The van der Waals surface area contributed by atoms with E-state index in [1.165, 1.54) is 11.4 Å². The Kier molecular flexibility index (Phi) is 5.01. The van der Waals surface area contributed by atoms with E-state index in [1.54, 1.807) is 29.2 Å². The van der Waals surface area contributed by atoms with Crippen molar-refractivity contribution in [1.29, 1.82) is 0 Å². The minimum Gasteiger partial charge on any atom is -0.495 e. The molecule has 1 saturated heterocycles. The third-order valence-electron chi connectivity index (χ3n) is 3.85. The van der Waals surface area contributed by atoms with Gasteiger partial charge < -0.3 is 9.64 Å². The number of para-hydroxylation sites is 1. The van der Waals surface area contributed by atoms with E-state index in [9.17, 15) is 13.2 Å². The lowest BCUT2D eigenvalue weighted by Gasteiger charge is -2.37. The molecule has 7 heteroatoms. The van der Waals surface area contributed by atoms with Crippen LogP contribution in [0.25, 0.3) is 0 Å². The first kappa shape index (κ1) is 17.7. The van der Waals surface area contributed by atoms with Crippen LogP contribution in [0.5, 0.6) is 5.75 Å². The van der Waals surface area contributed by atoms with Crippen LogP contribution >= 0.6 is 0 Å². The number of piperazine rings is 1. The second-order valence-electron chi connectivity index (χ2n) is 6.60. The summed E-state index contributed by atoms with van der Waals surface area (Å²) in [5.41, 5.74) is -0.455. The number of hydrogen-bond donors (Lipinski definition) is 0. The Balaban J connectivity index is 2.15. The molecule has 1 aromatic rings. The van der Waals surface area contributed by atoms with Crippen molar-refractivity contribution < 1.29 is 17.9 Å². The van der Waals surface area contributed by atoms with Crippen LogP contribution in [0.4, 0.5) is 0 Å². The molecule has 0 N–H and O–H groups in total. The number of nitrogens with zero attached hydrogens (tertiary/aromatic N) is 2. The van der Waals surface area contributed by atoms with E-state index in [0.29, 0.717) is 31.9 Å². The zero-order chi connectivity index (χ0) is 17.3. The number of carbonyl (C=O) groups excluding carboxylic acids is 1. The van der Waals surface area contributed by atoms with Gasteiger partial charge in [0.15, 0.2) is 0 Å². The van der Waals surface area contributed by atoms with Crippen molar-refractivity contribution in [1.82, 2.24) is 9.21 Å². The van der Waals surface area contributed by atoms with Gasteiger partial charge in [0.1, 0.15) is 10.6 Å². The second kappa shape index (κ2) is 6.49. The van der Waals surface area contributed by atoms with Crippen LogP contribution in [0, 0.1) is 5.41 Å². The third-order valence-corrected chi connectivity index (χ3v) is 5.79. The smallest absolute Gasteiger partial charge is 0.246 e. The molecule has 2 rings (SSSR count). The van der Waals surface area contributed by atoms with Gasteiger partial charge in [-0.25, -0.2) is 8.42 Å². The summed E-state index contributed by atoms with van der Waals surface area (Å²) in [6.45, 7) is 7.01. The molecule has 128 valence electrons. The molecule has 1 heterocycles. The number of hydrogen-bond acceptors (Lipinski definition) is 4. The summed E-state index contributed by atoms with van der Waals surface area (Å²) in [4.78, 5) is 14.2. The Morgan fingerprint density at radius 1 is 1.09 bits per heavy atom. The van der Waals surface area contributed by atoms with Gasteiger partial charge in [-0.3, -0.25) is 4.79 Å². The number of ether oxygens (including phenoxy) is 1. The number of carbonyl (C=O) groups is 1. The van der Waals surface area contributed by atoms with Gasteiger partial charge in [0.25, 0.3) is 0 Å². The number of benzene rings is 1. The molecule has 0 aliphatic carbocycles. The molecule has 0 aromatic heterocycles. The Bertz CT molecular complexity index is 672. The maximum Gasteiger partial charge on any atom is 0.246 e. The van der Waals surface area contributed by atoms with Gasteiger partial charge in [-0.15, -0.1) is 0 Å². The largest absolute Gasteiger partial charge is 0.495 e. The fraction of sp³-hybridized carbons (Fsp3) is 0.562. The molecule has 0 atom stereocenters. The molecular formula is C16H24N2O4S. The van der Waals surface area contributed by atoms with E-state index in [1.807, 2.05) is 20.8 Å². The first-order valence-electron chi connectivity index (χ1n) is 7.60. The highest BCUT2D eigenvalue weighted by Gasteiger charge is 2.34. The molecule has 0 spiro atoms. The lowest BCUT2D eigenvalue weighted by Crippen LogP contribution is -2.52. The minimum atomic E-state index is -3.62. The Hall–Kier alpha value is -1.60. The maximum atomic E-state index is 12.8. The van der Waals surface area contributed by atoms with E-state index < -0.39 is 15.4 Å². The quantitative estimate of drug-likeness (QED) is 0.838. The first-order chi connectivity index (χ1) is 10.7. The topological polar surface area (TPSA) is 66.9 Å². The summed E-state index contributed by atoms with van der Waals surface area (Å²) >= 11 is 0. The molecular weight excluding hydrogens is 316 g/mol. The van der Waals surface area contributed by atoms with E-state index in [-0.39, 0.29) is 10.8 Å². The van der Waals surface area contributed by atoms with E-state index in [4.69, 9.17) is 4.74 Å². The molecule has 1 amide bonds. The Labute approximate surface area is 138 Å². The lowest BCUT2D eigenvalue weighted by molar-refractivity contribution is -0.140. The molecule has 0 saturated carbocycles. The van der Waals surface area contributed by atoms with Crippen LogP contribution in [0.1, 0.15) is 20.8 Å². The SMILES string of the molecule is COc1ccccc1S(=O)(=O)N1CCN(C(=O)C(C)(C)C)CC1. The minimum absolute atomic E-state index is 0.0480. The molecule has 0 radical (unpaired) electrons. The van der Waals surface area contributed by atoms with Crippen molar-refractivity contribution in [2.45, 2.75) is 25.7 Å². The van der Waals surface area contributed by atoms with Crippen molar-refractivity contribution >= 4 is 15.9 Å². The van der Waals surface area contributed by atoms with Crippen LogP contribution in [0.15, 0.2) is 29.2 Å². The summed E-state index contributed by atoms with van der Waals surface area (Å²) in [6, 6.07) is 6.58. The van der Waals surface area contributed by atoms with Gasteiger partial charge in [-0.2, -0.15) is 4.31 Å². The average molecular weight is 340 g/mol. The van der Waals surface area contributed by atoms with Crippen molar-refractivity contribution in [3.8, 4) is 5.75 Å². The van der Waals surface area contributed by atoms with Crippen molar-refractivity contribution in [2.24, 2.45) is 5.41 Å². The van der Waals surface area contributed by atoms with Gasteiger partial charge in [-0.1, -0.05) is 32.9 Å². The summed E-state index contributed by atoms with van der Waals surface area (Å²) in [6.07, 6.45) is 0. The molecule has 1 aliphatic heterocycles. The molecule has 1 fully saturated rings. The normalized spacial score (nSPS) is 17.1. The summed E-state index contributed by atoms with van der Waals surface area (Å²) in [5.74, 6) is 0.382. The second-order valence-corrected chi connectivity index (χ2v) is 8.50. The van der Waals surface area contributed by atoms with Crippen LogP contribution in [-0.2, 0) is 14.8 Å². The van der Waals surface area contributed by atoms with Crippen LogP contribution in [0.3, 0.4) is 0 Å². The fourth-order valence-electron chi connectivity index (χ4n) is 2.58. The lowest BCUT2D eigenvalue weighted by atomic mass is 9.94. The molecule has 1 aromatic carbocycles. The molecule has 0 unspecified atom stereocenters. The van der Waals surface area contributed by atoms with Crippen molar-refractivity contribution in [3.05, 3.63) is 24.3 Å². The van der Waals surface area contributed by atoms with Gasteiger partial charge >= 0.3 is 0 Å². The average Bonchev–Trinajstić information content (AvgIpc) is 2.53. The van der Waals surface area contributed by atoms with E-state index in [2.05, 4.69) is 0 Å². The number of amides is 1. The standard InChI is InChI=1S/C16H24N2O4S/c1-16(2,3)15(19)17-9-11-18(12-10-17)23(20,21)14-8-6-5-7-13(14)22-4/h5-8H,9-12H2,1-4H3. The van der Waals surface area contributed by atoms with E-state index in [0.717, 1.165) is 0 Å². The first-order valence-corrected chi connectivity index (χ1v) is 9.04. The summed E-state index contributed by atoms with van der Waals surface area (Å²) in [7, 11) is -2.17. The van der Waals surface area contributed by atoms with Crippen molar-refractivity contribution in [2.75, 3.05) is 33.3 Å². The predicted molar refractivity (Wildman–Crippen MR) is 87.8 cm³/mol. The highest BCUT2D eigenvalue weighted by molar-refractivity contribution is 7.89. The van der Waals surface area contributed by atoms with Crippen LogP contribution in [0.2, 0.25) is 0 Å². The highest BCUT2D eigenvalue weighted by atomic mass is 32.2. The molecule has 0 bridgehead atoms.